The maximum Gasteiger partial charge on any atom is 0.357 e. The van der Waals surface area contributed by atoms with Crippen molar-refractivity contribution in [3.8, 4) is 16.3 Å². The molecule has 0 aliphatic rings. The zero-order chi connectivity index (χ0) is 14.7. The van der Waals surface area contributed by atoms with E-state index >= 15 is 0 Å². The molecule has 1 aromatic heterocycles. The molecule has 0 aliphatic carbocycles. The van der Waals surface area contributed by atoms with Crippen molar-refractivity contribution >= 4 is 28.9 Å². The fourth-order valence-corrected chi connectivity index (χ4v) is 2.94. The van der Waals surface area contributed by atoms with E-state index in [1.807, 2.05) is 13.0 Å². The molecule has 0 aliphatic heterocycles. The molecule has 2 aromatic rings. The molecular weight excluding hydrogens is 298 g/mol. The number of halogens is 1. The largest absolute Gasteiger partial charge is 0.495 e. The lowest BCUT2D eigenvalue weighted by Gasteiger charge is -2.08. The third kappa shape index (κ3) is 2.94. The van der Waals surface area contributed by atoms with Gasteiger partial charge in [0.1, 0.15) is 10.8 Å². The Morgan fingerprint density at radius 1 is 1.45 bits per heavy atom. The normalized spacial score (nSPS) is 10.4. The molecule has 1 aromatic carbocycles. The van der Waals surface area contributed by atoms with E-state index in [-0.39, 0.29) is 0 Å². The van der Waals surface area contributed by atoms with Crippen LogP contribution in [0.15, 0.2) is 17.5 Å². The van der Waals surface area contributed by atoms with Gasteiger partial charge in [0.2, 0.25) is 0 Å². The van der Waals surface area contributed by atoms with E-state index in [0.717, 1.165) is 16.1 Å². The van der Waals surface area contributed by atoms with Gasteiger partial charge in [-0.3, -0.25) is 0 Å². The lowest BCUT2D eigenvalue weighted by Crippen LogP contribution is -2.04. The van der Waals surface area contributed by atoms with Crippen molar-refractivity contribution < 1.29 is 14.3 Å². The number of carbonyl (C=O) groups is 1. The highest BCUT2D eigenvalue weighted by Crippen LogP contribution is 2.34. The first kappa shape index (κ1) is 14.8. The number of hydrogen-bond acceptors (Lipinski definition) is 5. The van der Waals surface area contributed by atoms with Crippen LogP contribution in [0.4, 0.5) is 0 Å². The summed E-state index contributed by atoms with van der Waals surface area (Å²) >= 11 is 7.54. The van der Waals surface area contributed by atoms with Crippen molar-refractivity contribution in [2.24, 2.45) is 0 Å². The van der Waals surface area contributed by atoms with Crippen molar-refractivity contribution in [3.63, 3.8) is 0 Å². The Morgan fingerprint density at radius 3 is 2.80 bits per heavy atom. The van der Waals surface area contributed by atoms with Crippen LogP contribution in [0.25, 0.3) is 10.6 Å². The van der Waals surface area contributed by atoms with Crippen molar-refractivity contribution in [3.05, 3.63) is 33.8 Å². The summed E-state index contributed by atoms with van der Waals surface area (Å²) in [7, 11) is 1.58. The molecule has 0 N–H and O–H groups in total. The highest BCUT2D eigenvalue weighted by atomic mass is 35.5. The molecule has 1 heterocycles. The van der Waals surface area contributed by atoms with E-state index < -0.39 is 5.97 Å². The van der Waals surface area contributed by atoms with Crippen LogP contribution in [0.2, 0.25) is 5.02 Å². The Balaban J connectivity index is 2.35. The van der Waals surface area contributed by atoms with Gasteiger partial charge in [-0.15, -0.1) is 11.3 Å². The second-order valence-corrected chi connectivity index (χ2v) is 5.33. The highest BCUT2D eigenvalue weighted by Gasteiger charge is 2.14. The minimum absolute atomic E-state index is 0.316. The summed E-state index contributed by atoms with van der Waals surface area (Å²) in [6.07, 6.45) is 0. The molecule has 20 heavy (non-hydrogen) atoms. The maximum absolute atomic E-state index is 11.6. The van der Waals surface area contributed by atoms with Gasteiger partial charge in [-0.2, -0.15) is 0 Å². The van der Waals surface area contributed by atoms with Gasteiger partial charge in [0.15, 0.2) is 5.69 Å². The fourth-order valence-electron chi connectivity index (χ4n) is 1.82. The minimum Gasteiger partial charge on any atom is -0.495 e. The van der Waals surface area contributed by atoms with Crippen molar-refractivity contribution in [2.45, 2.75) is 13.8 Å². The number of methoxy groups -OCH3 is 1. The Hall–Kier alpha value is -1.59. The maximum atomic E-state index is 11.6. The Bertz CT molecular complexity index is 616. The number of carbonyl (C=O) groups excluding carboxylic acids is 1. The zero-order valence-corrected chi connectivity index (χ0v) is 13.0. The van der Waals surface area contributed by atoms with E-state index in [9.17, 15) is 4.79 Å². The molecule has 4 nitrogen and oxygen atoms in total. The van der Waals surface area contributed by atoms with Crippen LogP contribution in [0.3, 0.4) is 0 Å². The van der Waals surface area contributed by atoms with Crippen LogP contribution in [-0.2, 0) is 4.74 Å². The van der Waals surface area contributed by atoms with Crippen LogP contribution < -0.4 is 4.74 Å². The molecule has 106 valence electrons. The van der Waals surface area contributed by atoms with Crippen molar-refractivity contribution in [1.29, 1.82) is 0 Å². The fraction of sp³-hybridized carbons (Fsp3) is 0.286. The first-order valence-corrected chi connectivity index (χ1v) is 7.29. The molecule has 0 atom stereocenters. The standard InChI is InChI=1S/C14H14ClNO3S/c1-4-19-14(17)11-7-20-13(16-11)9-5-8(2)12(18-3)10(15)6-9/h5-7H,4H2,1-3H3. The number of hydrogen-bond donors (Lipinski definition) is 0. The number of benzene rings is 1. The number of nitrogens with zero attached hydrogens (tertiary/aromatic N) is 1. The molecule has 0 amide bonds. The average molecular weight is 312 g/mol. The van der Waals surface area contributed by atoms with Crippen LogP contribution in [0.5, 0.6) is 5.75 Å². The third-order valence-corrected chi connectivity index (χ3v) is 3.84. The number of thiazole rings is 1. The van der Waals surface area contributed by atoms with Gasteiger partial charge in [-0.1, -0.05) is 11.6 Å². The van der Waals surface area contributed by atoms with Crippen LogP contribution in [0.1, 0.15) is 23.0 Å². The number of aryl methyl sites for hydroxylation is 1. The van der Waals surface area contributed by atoms with E-state index in [1.165, 1.54) is 11.3 Å². The predicted octanol–water partition coefficient (Wildman–Crippen LogP) is 3.96. The summed E-state index contributed by atoms with van der Waals surface area (Å²) in [6.45, 7) is 4.00. The van der Waals surface area contributed by atoms with Crippen LogP contribution >= 0.6 is 22.9 Å². The zero-order valence-electron chi connectivity index (χ0n) is 11.4. The van der Waals surface area contributed by atoms with Crippen LogP contribution in [0, 0.1) is 6.92 Å². The summed E-state index contributed by atoms with van der Waals surface area (Å²) in [5.74, 6) is 0.240. The van der Waals surface area contributed by atoms with E-state index in [4.69, 9.17) is 21.1 Å². The van der Waals surface area contributed by atoms with Gasteiger partial charge in [0.05, 0.1) is 18.7 Å². The van der Waals surface area contributed by atoms with E-state index in [2.05, 4.69) is 4.98 Å². The second kappa shape index (κ2) is 6.24. The topological polar surface area (TPSA) is 48.4 Å². The summed E-state index contributed by atoms with van der Waals surface area (Å²) in [4.78, 5) is 15.9. The first-order chi connectivity index (χ1) is 9.56. The Morgan fingerprint density at radius 2 is 2.20 bits per heavy atom. The van der Waals surface area contributed by atoms with E-state index in [0.29, 0.717) is 23.1 Å². The van der Waals surface area contributed by atoms with E-state index in [1.54, 1.807) is 25.5 Å². The molecule has 0 saturated carbocycles. The third-order valence-electron chi connectivity index (χ3n) is 2.67. The quantitative estimate of drug-likeness (QED) is 0.802. The molecule has 0 radical (unpaired) electrons. The highest BCUT2D eigenvalue weighted by molar-refractivity contribution is 7.13. The molecule has 0 fully saturated rings. The molecule has 0 unspecified atom stereocenters. The van der Waals surface area contributed by atoms with Gasteiger partial charge >= 0.3 is 5.97 Å². The molecule has 2 rings (SSSR count). The summed E-state index contributed by atoms with van der Waals surface area (Å²) in [5, 5.41) is 2.93. The molecule has 0 bridgehead atoms. The number of aromatic nitrogens is 1. The smallest absolute Gasteiger partial charge is 0.357 e. The summed E-state index contributed by atoms with van der Waals surface area (Å²) in [6, 6.07) is 3.71. The van der Waals surface area contributed by atoms with Gasteiger partial charge in [0, 0.05) is 10.9 Å². The van der Waals surface area contributed by atoms with Gasteiger partial charge in [-0.05, 0) is 31.5 Å². The molecule has 0 spiro atoms. The molecule has 6 heteroatoms. The monoisotopic (exact) mass is 311 g/mol. The van der Waals surface area contributed by atoms with Gasteiger partial charge in [-0.25, -0.2) is 9.78 Å². The lowest BCUT2D eigenvalue weighted by molar-refractivity contribution is 0.0520. The van der Waals surface area contributed by atoms with Crippen LogP contribution in [-0.4, -0.2) is 24.7 Å². The lowest BCUT2D eigenvalue weighted by atomic mass is 10.1. The summed E-state index contributed by atoms with van der Waals surface area (Å²) in [5.41, 5.74) is 2.09. The summed E-state index contributed by atoms with van der Waals surface area (Å²) < 4.78 is 10.1. The Kier molecular flexibility index (Phi) is 4.62. The number of ether oxygens (including phenoxy) is 2. The second-order valence-electron chi connectivity index (χ2n) is 4.07. The predicted molar refractivity (Wildman–Crippen MR) is 79.8 cm³/mol. The Labute approximate surface area is 126 Å². The molecule has 0 saturated heterocycles. The first-order valence-electron chi connectivity index (χ1n) is 6.04. The van der Waals surface area contributed by atoms with Crippen molar-refractivity contribution in [1.82, 2.24) is 4.98 Å². The minimum atomic E-state index is -0.411. The molecular formula is C14H14ClNO3S. The van der Waals surface area contributed by atoms with Crippen molar-refractivity contribution in [2.75, 3.05) is 13.7 Å². The van der Waals surface area contributed by atoms with Gasteiger partial charge in [0.25, 0.3) is 0 Å². The van der Waals surface area contributed by atoms with Gasteiger partial charge < -0.3 is 9.47 Å². The average Bonchev–Trinajstić information content (AvgIpc) is 2.88. The number of esters is 1. The number of rotatable bonds is 4. The SMILES string of the molecule is CCOC(=O)c1csc(-c2cc(C)c(OC)c(Cl)c2)n1.